The summed E-state index contributed by atoms with van der Waals surface area (Å²) in [7, 11) is 1.66. The van der Waals surface area contributed by atoms with Crippen LogP contribution in [0, 0.1) is 6.92 Å². The average Bonchev–Trinajstić information content (AvgIpc) is 3.34. The smallest absolute Gasteiger partial charge is 0.266 e. The third kappa shape index (κ3) is 4.23. The number of methoxy groups -OCH3 is 1. The minimum absolute atomic E-state index is 0.0424. The van der Waals surface area contributed by atoms with Crippen molar-refractivity contribution in [1.29, 1.82) is 0 Å². The zero-order chi connectivity index (χ0) is 22.8. The van der Waals surface area contributed by atoms with Gasteiger partial charge >= 0.3 is 0 Å². The molecule has 2 aromatic carbocycles. The summed E-state index contributed by atoms with van der Waals surface area (Å²) >= 11 is 6.85. The molecule has 0 radical (unpaired) electrons. The second-order valence-electron chi connectivity index (χ2n) is 7.70. The van der Waals surface area contributed by atoms with E-state index in [2.05, 4.69) is 6.92 Å². The maximum absolute atomic E-state index is 13.1. The first-order chi connectivity index (χ1) is 15.4. The van der Waals surface area contributed by atoms with Crippen LogP contribution in [0.5, 0.6) is 5.75 Å². The lowest BCUT2D eigenvalue weighted by Crippen LogP contribution is -2.36. The van der Waals surface area contributed by atoms with Crippen LogP contribution in [0.2, 0.25) is 0 Å². The van der Waals surface area contributed by atoms with Crippen LogP contribution in [0.4, 0.5) is 0 Å². The molecule has 1 aliphatic rings. The zero-order valence-electron chi connectivity index (χ0n) is 18.5. The molecule has 3 aromatic rings. The number of carbonyl (C=O) groups is 1. The highest BCUT2D eigenvalue weighted by molar-refractivity contribution is 8.26. The molecule has 1 atom stereocenters. The van der Waals surface area contributed by atoms with Gasteiger partial charge in [-0.15, -0.1) is 0 Å². The van der Waals surface area contributed by atoms with Crippen LogP contribution in [-0.2, 0) is 4.79 Å². The molecule has 0 saturated carbocycles. The van der Waals surface area contributed by atoms with Crippen molar-refractivity contribution in [3.63, 3.8) is 0 Å². The summed E-state index contributed by atoms with van der Waals surface area (Å²) in [5.74, 6) is 0.754. The van der Waals surface area contributed by atoms with Gasteiger partial charge < -0.3 is 4.74 Å². The lowest BCUT2D eigenvalue weighted by Gasteiger charge is -2.21. The van der Waals surface area contributed by atoms with Crippen molar-refractivity contribution in [2.24, 2.45) is 0 Å². The van der Waals surface area contributed by atoms with Gasteiger partial charge in [0.15, 0.2) is 0 Å². The fourth-order valence-electron chi connectivity index (χ4n) is 3.63. The van der Waals surface area contributed by atoms with Gasteiger partial charge in [0.2, 0.25) is 0 Å². The lowest BCUT2D eigenvalue weighted by molar-refractivity contribution is -0.123. The van der Waals surface area contributed by atoms with Gasteiger partial charge in [0.05, 0.1) is 17.7 Å². The second-order valence-corrected chi connectivity index (χ2v) is 9.38. The Labute approximate surface area is 198 Å². The molecule has 0 spiro atoms. The number of amides is 1. The predicted octanol–water partition coefficient (Wildman–Crippen LogP) is 5.86. The first-order valence-electron chi connectivity index (χ1n) is 10.5. The minimum atomic E-state index is -0.0424. The summed E-state index contributed by atoms with van der Waals surface area (Å²) in [5.41, 5.74) is 4.66. The van der Waals surface area contributed by atoms with Gasteiger partial charge in [-0.05, 0) is 62.2 Å². The van der Waals surface area contributed by atoms with E-state index in [1.165, 1.54) is 11.8 Å². The van der Waals surface area contributed by atoms with Gasteiger partial charge in [-0.3, -0.25) is 9.69 Å². The van der Waals surface area contributed by atoms with E-state index in [9.17, 15) is 4.79 Å². The maximum atomic E-state index is 13.1. The van der Waals surface area contributed by atoms with Crippen molar-refractivity contribution < 1.29 is 9.53 Å². The van der Waals surface area contributed by atoms with E-state index in [0.717, 1.165) is 40.2 Å². The Bertz CT molecular complexity index is 1200. The highest BCUT2D eigenvalue weighted by Gasteiger charge is 2.35. The number of rotatable bonds is 6. The van der Waals surface area contributed by atoms with Gasteiger partial charge in [0, 0.05) is 23.4 Å². The normalized spacial score (nSPS) is 16.1. The van der Waals surface area contributed by atoms with E-state index in [4.69, 9.17) is 22.1 Å². The highest BCUT2D eigenvalue weighted by Crippen LogP contribution is 2.37. The van der Waals surface area contributed by atoms with Gasteiger partial charge in [-0.1, -0.05) is 49.1 Å². The van der Waals surface area contributed by atoms with E-state index in [-0.39, 0.29) is 11.9 Å². The fraction of sp³-hybridized carbons (Fsp3) is 0.240. The number of aryl methyl sites for hydroxylation is 1. The molecule has 1 amide bonds. The van der Waals surface area contributed by atoms with Crippen LogP contribution in [0.25, 0.3) is 23.0 Å². The molecule has 0 bridgehead atoms. The standard InChI is InChI=1S/C25H25N3O2S2/c1-5-17(3)28-24(29)22(32-25(28)31)14-18-15-27(19-9-7-6-8-10-19)26-23(18)21-12-11-20(30-4)13-16(21)2/h6-15,17H,5H2,1-4H3/b22-14-. The molecule has 2 heterocycles. The third-order valence-corrected chi connectivity index (χ3v) is 6.92. The largest absolute Gasteiger partial charge is 0.497 e. The van der Waals surface area contributed by atoms with E-state index >= 15 is 0 Å². The van der Waals surface area contributed by atoms with Crippen LogP contribution in [0.3, 0.4) is 0 Å². The van der Waals surface area contributed by atoms with Crippen molar-refractivity contribution in [2.75, 3.05) is 7.11 Å². The number of nitrogens with zero attached hydrogens (tertiary/aromatic N) is 3. The van der Waals surface area contributed by atoms with E-state index < -0.39 is 0 Å². The molecule has 1 fully saturated rings. The predicted molar refractivity (Wildman–Crippen MR) is 135 cm³/mol. The molecule has 1 unspecified atom stereocenters. The number of thiocarbonyl (C=S) groups is 1. The molecule has 0 N–H and O–H groups in total. The molecule has 4 rings (SSSR count). The van der Waals surface area contributed by atoms with E-state index in [1.54, 1.807) is 12.0 Å². The first-order valence-corrected chi connectivity index (χ1v) is 11.7. The van der Waals surface area contributed by atoms with Gasteiger partial charge in [-0.25, -0.2) is 4.68 Å². The Balaban J connectivity index is 1.83. The van der Waals surface area contributed by atoms with E-state index in [0.29, 0.717) is 9.23 Å². The van der Waals surface area contributed by atoms with Crippen molar-refractivity contribution in [3.05, 3.63) is 70.8 Å². The Morgan fingerprint density at radius 1 is 1.22 bits per heavy atom. The molecule has 5 nitrogen and oxygen atoms in total. The number of thioether (sulfide) groups is 1. The quantitative estimate of drug-likeness (QED) is 0.339. The van der Waals surface area contributed by atoms with Gasteiger partial charge in [0.1, 0.15) is 15.8 Å². The summed E-state index contributed by atoms with van der Waals surface area (Å²) in [6.45, 7) is 6.11. The topological polar surface area (TPSA) is 47.4 Å². The molecule has 1 aliphatic heterocycles. The molecule has 0 aliphatic carbocycles. The zero-order valence-corrected chi connectivity index (χ0v) is 20.2. The fourth-order valence-corrected chi connectivity index (χ4v) is 5.08. The number of aromatic nitrogens is 2. The number of benzene rings is 2. The Morgan fingerprint density at radius 2 is 1.97 bits per heavy atom. The summed E-state index contributed by atoms with van der Waals surface area (Å²) in [4.78, 5) is 15.4. The van der Waals surface area contributed by atoms with Crippen LogP contribution < -0.4 is 4.74 Å². The monoisotopic (exact) mass is 463 g/mol. The summed E-state index contributed by atoms with van der Waals surface area (Å²) in [6.07, 6.45) is 4.72. The minimum Gasteiger partial charge on any atom is -0.497 e. The number of ether oxygens (including phenoxy) is 1. The molecular formula is C25H25N3O2S2. The molecular weight excluding hydrogens is 438 g/mol. The van der Waals surface area contributed by atoms with E-state index in [1.807, 2.05) is 79.3 Å². The Kier molecular flexibility index (Phi) is 6.48. The highest BCUT2D eigenvalue weighted by atomic mass is 32.2. The molecule has 164 valence electrons. The van der Waals surface area contributed by atoms with Crippen molar-refractivity contribution in [3.8, 4) is 22.7 Å². The SMILES string of the molecule is CCC(C)N1C(=O)/C(=C/c2cn(-c3ccccc3)nc2-c2ccc(OC)cc2C)SC1=S. The van der Waals surface area contributed by atoms with Crippen LogP contribution in [0.15, 0.2) is 59.6 Å². The van der Waals surface area contributed by atoms with Crippen LogP contribution >= 0.6 is 24.0 Å². The van der Waals surface area contributed by atoms with Gasteiger partial charge in [-0.2, -0.15) is 5.10 Å². The van der Waals surface area contributed by atoms with Gasteiger partial charge in [0.25, 0.3) is 5.91 Å². The number of carbonyl (C=O) groups excluding carboxylic acids is 1. The Morgan fingerprint density at radius 3 is 2.62 bits per heavy atom. The summed E-state index contributed by atoms with van der Waals surface area (Å²) in [5, 5.41) is 4.89. The number of hydrogen-bond donors (Lipinski definition) is 0. The molecule has 1 saturated heterocycles. The van der Waals surface area contributed by atoms with Crippen molar-refractivity contribution in [2.45, 2.75) is 33.2 Å². The molecule has 7 heteroatoms. The molecule has 32 heavy (non-hydrogen) atoms. The second kappa shape index (κ2) is 9.30. The average molecular weight is 464 g/mol. The lowest BCUT2D eigenvalue weighted by atomic mass is 10.0. The first kappa shape index (κ1) is 22.3. The van der Waals surface area contributed by atoms with Crippen LogP contribution in [0.1, 0.15) is 31.4 Å². The Hall–Kier alpha value is -2.90. The third-order valence-electron chi connectivity index (χ3n) is 5.59. The number of hydrogen-bond acceptors (Lipinski definition) is 5. The summed E-state index contributed by atoms with van der Waals surface area (Å²) < 4.78 is 7.82. The number of para-hydroxylation sites is 1. The summed E-state index contributed by atoms with van der Waals surface area (Å²) in [6, 6.07) is 15.9. The maximum Gasteiger partial charge on any atom is 0.266 e. The van der Waals surface area contributed by atoms with Crippen molar-refractivity contribution in [1.82, 2.24) is 14.7 Å². The van der Waals surface area contributed by atoms with Crippen LogP contribution in [-0.4, -0.2) is 38.1 Å². The molecule has 1 aromatic heterocycles. The van der Waals surface area contributed by atoms with Crippen molar-refractivity contribution >= 4 is 40.3 Å².